The quantitative estimate of drug-likeness (QED) is 0.558. The second kappa shape index (κ2) is 10.9. The number of hydrogen-bond acceptors (Lipinski definition) is 6. The fourth-order valence-electron chi connectivity index (χ4n) is 3.75. The minimum Gasteiger partial charge on any atom is -0.322 e. The first-order chi connectivity index (χ1) is 16.0. The monoisotopic (exact) mass is 508 g/mol. The van der Waals surface area contributed by atoms with E-state index in [1.807, 2.05) is 0 Å². The number of benzene rings is 2. The molecular formula is C23H32N4O5S2. The van der Waals surface area contributed by atoms with Crippen LogP contribution in [-0.4, -0.2) is 78.0 Å². The molecule has 2 aromatic rings. The van der Waals surface area contributed by atoms with E-state index in [9.17, 15) is 21.6 Å². The molecule has 0 atom stereocenters. The predicted octanol–water partition coefficient (Wildman–Crippen LogP) is 2.44. The maximum absolute atomic E-state index is 13.0. The Morgan fingerprint density at radius 2 is 1.59 bits per heavy atom. The van der Waals surface area contributed by atoms with Gasteiger partial charge in [-0.15, -0.1) is 0 Å². The Balaban J connectivity index is 1.69. The van der Waals surface area contributed by atoms with Gasteiger partial charge in [-0.05, 0) is 49.4 Å². The minimum absolute atomic E-state index is 0.171. The number of amides is 1. The number of hydrogen-bond donors (Lipinski definition) is 1. The zero-order chi connectivity index (χ0) is 24.9. The maximum atomic E-state index is 13.0. The lowest BCUT2D eigenvalue weighted by Gasteiger charge is -2.33. The molecule has 1 aliphatic rings. The molecule has 1 N–H and O–H groups in total. The standard InChI is InChI=1S/C23H32N4O5S2/c1-4-5-14-26-15-17-27(18-16-26)34(31,32)20-12-10-19(11-13-20)24-23(28)21-8-6-7-9-22(21)25(2)33(3,29)30/h6-13H,4-5,14-18H2,1-3H3,(H,24,28). The van der Waals surface area contributed by atoms with Gasteiger partial charge < -0.3 is 10.2 Å². The Bertz CT molecular complexity index is 1210. The number of unbranched alkanes of at least 4 members (excludes halogenated alkanes) is 1. The van der Waals surface area contributed by atoms with Crippen LogP contribution < -0.4 is 9.62 Å². The number of piperazine rings is 1. The SMILES string of the molecule is CCCCN1CCN(S(=O)(=O)c2ccc(NC(=O)c3ccccc3N(C)S(C)(=O)=O)cc2)CC1. The van der Waals surface area contributed by atoms with Crippen molar-refractivity contribution in [3.63, 3.8) is 0 Å². The van der Waals surface area contributed by atoms with Crippen molar-refractivity contribution >= 4 is 37.3 Å². The minimum atomic E-state index is -3.62. The molecule has 0 bridgehead atoms. The first kappa shape index (κ1) is 26.1. The van der Waals surface area contributed by atoms with Gasteiger partial charge >= 0.3 is 0 Å². The molecule has 1 amide bonds. The second-order valence-corrected chi connectivity index (χ2v) is 12.3. The fraction of sp³-hybridized carbons (Fsp3) is 0.435. The number of para-hydroxylation sites is 1. The Labute approximate surface area is 202 Å². The molecule has 186 valence electrons. The van der Waals surface area contributed by atoms with Gasteiger partial charge in [0.05, 0.1) is 22.4 Å². The summed E-state index contributed by atoms with van der Waals surface area (Å²) in [6.07, 6.45) is 3.28. The van der Waals surface area contributed by atoms with E-state index in [1.54, 1.807) is 18.2 Å². The topological polar surface area (TPSA) is 107 Å². The van der Waals surface area contributed by atoms with Gasteiger partial charge in [0.25, 0.3) is 5.91 Å². The van der Waals surface area contributed by atoms with Crippen LogP contribution in [0.4, 0.5) is 11.4 Å². The molecule has 0 unspecified atom stereocenters. The molecule has 0 aromatic heterocycles. The Hall–Kier alpha value is -2.47. The summed E-state index contributed by atoms with van der Waals surface area (Å²) in [5, 5.41) is 2.71. The molecule has 0 radical (unpaired) electrons. The van der Waals surface area contributed by atoms with Crippen molar-refractivity contribution in [1.82, 2.24) is 9.21 Å². The summed E-state index contributed by atoms with van der Waals surface area (Å²) >= 11 is 0. The lowest BCUT2D eigenvalue weighted by atomic mass is 10.1. The number of carbonyl (C=O) groups is 1. The third-order valence-electron chi connectivity index (χ3n) is 5.89. The van der Waals surface area contributed by atoms with E-state index < -0.39 is 26.0 Å². The number of nitrogens with one attached hydrogen (secondary N) is 1. The lowest BCUT2D eigenvalue weighted by Crippen LogP contribution is -2.48. The summed E-state index contributed by atoms with van der Waals surface area (Å²) in [4.78, 5) is 15.3. The van der Waals surface area contributed by atoms with E-state index >= 15 is 0 Å². The van der Waals surface area contributed by atoms with Crippen molar-refractivity contribution in [3.8, 4) is 0 Å². The highest BCUT2D eigenvalue weighted by atomic mass is 32.2. The van der Waals surface area contributed by atoms with Crippen molar-refractivity contribution in [3.05, 3.63) is 54.1 Å². The molecule has 11 heteroatoms. The van der Waals surface area contributed by atoms with Gasteiger partial charge in [-0.1, -0.05) is 25.5 Å². The summed E-state index contributed by atoms with van der Waals surface area (Å²) in [5.41, 5.74) is 0.845. The second-order valence-electron chi connectivity index (χ2n) is 8.33. The van der Waals surface area contributed by atoms with E-state index in [0.29, 0.717) is 31.9 Å². The van der Waals surface area contributed by atoms with Gasteiger partial charge in [0.1, 0.15) is 0 Å². The normalized spacial score (nSPS) is 15.7. The zero-order valence-electron chi connectivity index (χ0n) is 19.8. The van der Waals surface area contributed by atoms with Crippen LogP contribution in [0, 0.1) is 0 Å². The largest absolute Gasteiger partial charge is 0.322 e. The van der Waals surface area contributed by atoms with Crippen LogP contribution in [0.3, 0.4) is 0 Å². The van der Waals surface area contributed by atoms with Crippen molar-refractivity contribution < 1.29 is 21.6 Å². The molecule has 2 aromatic carbocycles. The van der Waals surface area contributed by atoms with Crippen LogP contribution in [0.25, 0.3) is 0 Å². The van der Waals surface area contributed by atoms with Crippen LogP contribution in [0.15, 0.2) is 53.4 Å². The highest BCUT2D eigenvalue weighted by molar-refractivity contribution is 7.92. The zero-order valence-corrected chi connectivity index (χ0v) is 21.4. The number of sulfonamides is 2. The Morgan fingerprint density at radius 1 is 0.971 bits per heavy atom. The molecular weight excluding hydrogens is 476 g/mol. The summed E-state index contributed by atoms with van der Waals surface area (Å²) in [7, 11) is -5.78. The molecule has 1 aliphatic heterocycles. The lowest BCUT2D eigenvalue weighted by molar-refractivity contribution is 0.102. The van der Waals surface area contributed by atoms with E-state index in [2.05, 4.69) is 17.1 Å². The highest BCUT2D eigenvalue weighted by Gasteiger charge is 2.28. The van der Waals surface area contributed by atoms with Gasteiger partial charge in [0.15, 0.2) is 0 Å². The Kier molecular flexibility index (Phi) is 8.34. The summed E-state index contributed by atoms with van der Waals surface area (Å²) in [5.74, 6) is -0.495. The third-order valence-corrected chi connectivity index (χ3v) is 9.00. The molecule has 34 heavy (non-hydrogen) atoms. The van der Waals surface area contributed by atoms with E-state index in [-0.39, 0.29) is 16.1 Å². The van der Waals surface area contributed by atoms with Gasteiger partial charge in [-0.3, -0.25) is 9.10 Å². The summed E-state index contributed by atoms with van der Waals surface area (Å²) < 4.78 is 52.5. The van der Waals surface area contributed by atoms with Gasteiger partial charge in [0.2, 0.25) is 20.0 Å². The molecule has 1 saturated heterocycles. The average Bonchev–Trinajstić information content (AvgIpc) is 2.82. The molecule has 3 rings (SSSR count). The smallest absolute Gasteiger partial charge is 0.257 e. The number of nitrogens with zero attached hydrogens (tertiary/aromatic N) is 3. The van der Waals surface area contributed by atoms with Crippen molar-refractivity contribution in [1.29, 1.82) is 0 Å². The van der Waals surface area contributed by atoms with Crippen molar-refractivity contribution in [2.24, 2.45) is 0 Å². The third kappa shape index (κ3) is 6.15. The first-order valence-electron chi connectivity index (χ1n) is 11.2. The number of rotatable bonds is 9. The molecule has 1 heterocycles. The van der Waals surface area contributed by atoms with Gasteiger partial charge in [-0.2, -0.15) is 4.31 Å². The number of carbonyl (C=O) groups excluding carboxylic acids is 1. The van der Waals surface area contributed by atoms with Crippen molar-refractivity contribution in [2.75, 3.05) is 55.6 Å². The first-order valence-corrected chi connectivity index (χ1v) is 14.5. The molecule has 9 nitrogen and oxygen atoms in total. The molecule has 0 spiro atoms. The average molecular weight is 509 g/mol. The van der Waals surface area contributed by atoms with Crippen LogP contribution >= 0.6 is 0 Å². The van der Waals surface area contributed by atoms with Crippen LogP contribution in [0.1, 0.15) is 30.1 Å². The van der Waals surface area contributed by atoms with E-state index in [1.165, 1.54) is 41.7 Å². The molecule has 1 fully saturated rings. The van der Waals surface area contributed by atoms with Gasteiger partial charge in [0, 0.05) is 38.9 Å². The highest BCUT2D eigenvalue weighted by Crippen LogP contribution is 2.24. The van der Waals surface area contributed by atoms with Gasteiger partial charge in [-0.25, -0.2) is 16.8 Å². The molecule has 0 saturated carbocycles. The summed E-state index contributed by atoms with van der Waals surface area (Å²) in [6, 6.07) is 12.4. The Morgan fingerprint density at radius 3 is 2.18 bits per heavy atom. The predicted molar refractivity (Wildman–Crippen MR) is 134 cm³/mol. The van der Waals surface area contributed by atoms with Crippen LogP contribution in [0.2, 0.25) is 0 Å². The van der Waals surface area contributed by atoms with E-state index in [4.69, 9.17) is 0 Å². The molecule has 0 aliphatic carbocycles. The van der Waals surface area contributed by atoms with E-state index in [0.717, 1.165) is 29.9 Å². The maximum Gasteiger partial charge on any atom is 0.257 e. The van der Waals surface area contributed by atoms with Crippen LogP contribution in [0.5, 0.6) is 0 Å². The fourth-order valence-corrected chi connectivity index (χ4v) is 5.69. The van der Waals surface area contributed by atoms with Crippen molar-refractivity contribution in [2.45, 2.75) is 24.7 Å². The summed E-state index contributed by atoms with van der Waals surface area (Å²) in [6.45, 7) is 5.47. The number of anilines is 2. The van der Waals surface area contributed by atoms with Crippen LogP contribution in [-0.2, 0) is 20.0 Å².